The number of sulfone groups is 1. The molecule has 0 bridgehead atoms. The quantitative estimate of drug-likeness (QED) is 0.591. The lowest BCUT2D eigenvalue weighted by Gasteiger charge is -2.09. The van der Waals surface area contributed by atoms with Gasteiger partial charge in [0.25, 0.3) is 0 Å². The van der Waals surface area contributed by atoms with Crippen LogP contribution in [0.2, 0.25) is 0 Å². The summed E-state index contributed by atoms with van der Waals surface area (Å²) < 4.78 is 35.4. The Hall–Kier alpha value is -2.80. The molecule has 0 aliphatic carbocycles. The lowest BCUT2D eigenvalue weighted by atomic mass is 10.2. The smallest absolute Gasteiger partial charge is 0.351 e. The Morgan fingerprint density at radius 3 is 2.15 bits per heavy atom. The third-order valence-corrected chi connectivity index (χ3v) is 5.53. The fraction of sp³-hybridized carbons (Fsp3) is 0.211. The van der Waals surface area contributed by atoms with Crippen molar-refractivity contribution in [3.05, 3.63) is 65.2 Å². The minimum absolute atomic E-state index is 0.0304. The Balaban J connectivity index is 2.36. The summed E-state index contributed by atoms with van der Waals surface area (Å²) in [5.41, 5.74) is 1.60. The van der Waals surface area contributed by atoms with Crippen LogP contribution < -0.4 is 10.1 Å². The minimum atomic E-state index is -4.02. The number of methoxy groups -OCH3 is 2. The van der Waals surface area contributed by atoms with Crippen LogP contribution in [0.4, 0.5) is 5.69 Å². The van der Waals surface area contributed by atoms with Gasteiger partial charge in [-0.15, -0.1) is 0 Å². The summed E-state index contributed by atoms with van der Waals surface area (Å²) in [6.45, 7) is 1.97. The maximum absolute atomic E-state index is 12.8. The monoisotopic (exact) mass is 375 g/mol. The van der Waals surface area contributed by atoms with E-state index < -0.39 is 20.7 Å². The molecule has 6 nitrogen and oxygen atoms in total. The highest BCUT2D eigenvalue weighted by Gasteiger charge is 2.28. The van der Waals surface area contributed by atoms with Gasteiger partial charge in [0.05, 0.1) is 19.1 Å². The Morgan fingerprint density at radius 2 is 1.65 bits per heavy atom. The van der Waals surface area contributed by atoms with Crippen LogP contribution in [-0.4, -0.2) is 28.6 Å². The number of ether oxygens (including phenoxy) is 2. The summed E-state index contributed by atoms with van der Waals surface area (Å²) >= 11 is 0. The standard InChI is InChI=1S/C19H21NO5S/c1-4-14-5-11-17(12-6-14)26(22,23)18(19(21)25-3)13-20-15-7-9-16(24-2)10-8-15/h5-13,20H,4H2,1-3H3/b18-13+. The molecule has 0 saturated heterocycles. The van der Waals surface area contributed by atoms with E-state index in [0.717, 1.165) is 25.3 Å². The van der Waals surface area contributed by atoms with E-state index in [9.17, 15) is 13.2 Å². The molecule has 2 aromatic carbocycles. The molecule has 26 heavy (non-hydrogen) atoms. The van der Waals surface area contributed by atoms with E-state index in [1.54, 1.807) is 43.5 Å². The molecule has 0 radical (unpaired) electrons. The number of benzene rings is 2. The van der Waals surface area contributed by atoms with Gasteiger partial charge in [-0.3, -0.25) is 0 Å². The average Bonchev–Trinajstić information content (AvgIpc) is 2.68. The van der Waals surface area contributed by atoms with Crippen molar-refractivity contribution in [1.82, 2.24) is 0 Å². The third kappa shape index (κ3) is 4.43. The zero-order valence-electron chi connectivity index (χ0n) is 14.9. The van der Waals surface area contributed by atoms with E-state index >= 15 is 0 Å². The Morgan fingerprint density at radius 1 is 1.04 bits per heavy atom. The summed E-state index contributed by atoms with van der Waals surface area (Å²) in [5.74, 6) is -0.276. The van der Waals surface area contributed by atoms with Crippen molar-refractivity contribution >= 4 is 21.5 Å². The van der Waals surface area contributed by atoms with Crippen molar-refractivity contribution in [3.63, 3.8) is 0 Å². The van der Waals surface area contributed by atoms with Gasteiger partial charge in [0.1, 0.15) is 5.75 Å². The maximum atomic E-state index is 12.8. The first-order valence-electron chi connectivity index (χ1n) is 7.95. The van der Waals surface area contributed by atoms with E-state index in [2.05, 4.69) is 10.1 Å². The Labute approximate surface area is 153 Å². The van der Waals surface area contributed by atoms with Crippen LogP contribution in [0.15, 0.2) is 64.5 Å². The highest BCUT2D eigenvalue weighted by atomic mass is 32.2. The zero-order chi connectivity index (χ0) is 19.2. The molecule has 7 heteroatoms. The summed E-state index contributed by atoms with van der Waals surface area (Å²) in [6.07, 6.45) is 1.93. The summed E-state index contributed by atoms with van der Waals surface area (Å²) in [7, 11) is -1.33. The molecule has 0 heterocycles. The second-order valence-electron chi connectivity index (χ2n) is 5.37. The first kappa shape index (κ1) is 19.5. The second kappa shape index (κ2) is 8.53. The third-order valence-electron chi connectivity index (χ3n) is 3.78. The van der Waals surface area contributed by atoms with Crippen molar-refractivity contribution in [1.29, 1.82) is 0 Å². The second-order valence-corrected chi connectivity index (χ2v) is 7.29. The number of rotatable bonds is 7. The average molecular weight is 375 g/mol. The number of anilines is 1. The van der Waals surface area contributed by atoms with E-state index in [1.165, 1.54) is 12.1 Å². The predicted octanol–water partition coefficient (Wildman–Crippen LogP) is 3.16. The van der Waals surface area contributed by atoms with E-state index in [-0.39, 0.29) is 4.90 Å². The maximum Gasteiger partial charge on any atom is 0.351 e. The van der Waals surface area contributed by atoms with E-state index in [4.69, 9.17) is 4.74 Å². The van der Waals surface area contributed by atoms with Crippen LogP contribution in [0, 0.1) is 0 Å². The summed E-state index contributed by atoms with van der Waals surface area (Å²) in [4.78, 5) is 11.6. The highest BCUT2D eigenvalue weighted by Crippen LogP contribution is 2.22. The van der Waals surface area contributed by atoms with Crippen LogP contribution >= 0.6 is 0 Å². The first-order valence-corrected chi connectivity index (χ1v) is 9.43. The lowest BCUT2D eigenvalue weighted by molar-refractivity contribution is -0.135. The van der Waals surface area contributed by atoms with Crippen LogP contribution in [0.25, 0.3) is 0 Å². The molecule has 0 aliphatic rings. The number of carbonyl (C=O) groups excluding carboxylic acids is 1. The van der Waals surface area contributed by atoms with Crippen molar-refractivity contribution in [2.75, 3.05) is 19.5 Å². The molecule has 0 aliphatic heterocycles. The molecule has 0 atom stereocenters. The van der Waals surface area contributed by atoms with E-state index in [0.29, 0.717) is 11.4 Å². The molecule has 0 fully saturated rings. The van der Waals surface area contributed by atoms with Gasteiger partial charge in [-0.25, -0.2) is 13.2 Å². The van der Waals surface area contributed by atoms with E-state index in [1.807, 2.05) is 6.92 Å². The van der Waals surface area contributed by atoms with Gasteiger partial charge in [0.15, 0.2) is 4.91 Å². The Kier molecular flexibility index (Phi) is 6.41. The largest absolute Gasteiger partial charge is 0.497 e. The zero-order valence-corrected chi connectivity index (χ0v) is 15.7. The number of carbonyl (C=O) groups is 1. The molecule has 0 saturated carbocycles. The van der Waals surface area contributed by atoms with Gasteiger partial charge in [-0.1, -0.05) is 19.1 Å². The minimum Gasteiger partial charge on any atom is -0.497 e. The van der Waals surface area contributed by atoms with Gasteiger partial charge in [-0.2, -0.15) is 0 Å². The molecule has 0 amide bonds. The number of hydrogen-bond donors (Lipinski definition) is 1. The van der Waals surface area contributed by atoms with Gasteiger partial charge >= 0.3 is 5.97 Å². The van der Waals surface area contributed by atoms with Gasteiger partial charge < -0.3 is 14.8 Å². The number of hydrogen-bond acceptors (Lipinski definition) is 6. The Bertz CT molecular complexity index is 885. The number of esters is 1. The SMILES string of the molecule is CCc1ccc(S(=O)(=O)/C(=C/Nc2ccc(OC)cc2)C(=O)OC)cc1. The van der Waals surface area contributed by atoms with Gasteiger partial charge in [0, 0.05) is 11.9 Å². The van der Waals surface area contributed by atoms with Crippen LogP contribution in [0.1, 0.15) is 12.5 Å². The number of nitrogens with one attached hydrogen (secondary N) is 1. The number of aryl methyl sites for hydroxylation is 1. The van der Waals surface area contributed by atoms with Crippen LogP contribution in [0.3, 0.4) is 0 Å². The fourth-order valence-electron chi connectivity index (χ4n) is 2.21. The molecular weight excluding hydrogens is 354 g/mol. The van der Waals surface area contributed by atoms with Crippen LogP contribution in [0.5, 0.6) is 5.75 Å². The molecule has 2 rings (SSSR count). The molecule has 2 aromatic rings. The van der Waals surface area contributed by atoms with Gasteiger partial charge in [0.2, 0.25) is 9.84 Å². The molecule has 0 unspecified atom stereocenters. The van der Waals surface area contributed by atoms with Crippen molar-refractivity contribution in [3.8, 4) is 5.75 Å². The highest BCUT2D eigenvalue weighted by molar-refractivity contribution is 7.96. The summed E-state index contributed by atoms with van der Waals surface area (Å²) in [6, 6.07) is 13.2. The van der Waals surface area contributed by atoms with Crippen LogP contribution in [-0.2, 0) is 25.8 Å². The molecule has 138 valence electrons. The molecular formula is C19H21NO5S. The fourth-order valence-corrected chi connectivity index (χ4v) is 3.48. The first-order chi connectivity index (χ1) is 12.4. The normalized spacial score (nSPS) is 11.7. The summed E-state index contributed by atoms with van der Waals surface area (Å²) in [5, 5.41) is 2.81. The van der Waals surface area contributed by atoms with Gasteiger partial charge in [-0.05, 0) is 48.4 Å². The van der Waals surface area contributed by atoms with Crippen molar-refractivity contribution in [2.45, 2.75) is 18.2 Å². The topological polar surface area (TPSA) is 81.7 Å². The predicted molar refractivity (Wildman–Crippen MR) is 99.7 cm³/mol. The molecule has 0 spiro atoms. The molecule has 1 N–H and O–H groups in total. The molecule has 0 aromatic heterocycles. The lowest BCUT2D eigenvalue weighted by Crippen LogP contribution is -2.17. The van der Waals surface area contributed by atoms with Crippen molar-refractivity contribution < 1.29 is 22.7 Å². The van der Waals surface area contributed by atoms with Crippen molar-refractivity contribution in [2.24, 2.45) is 0 Å².